The van der Waals surface area contributed by atoms with E-state index in [1.807, 2.05) is 30.3 Å². The number of hydrogen-bond acceptors (Lipinski definition) is 4. The SMILES string of the molecule is CCC(=O)N1CSCC1C(=O)N1CCC(C(=O)O)(c2ccccc2)CC1. The van der Waals surface area contributed by atoms with Crippen LogP contribution < -0.4 is 0 Å². The maximum atomic E-state index is 12.9. The zero-order chi connectivity index (χ0) is 18.7. The van der Waals surface area contributed by atoms with Crippen LogP contribution in [0.3, 0.4) is 0 Å². The fraction of sp³-hybridized carbons (Fsp3) is 0.526. The molecular weight excluding hydrogens is 352 g/mol. The van der Waals surface area contributed by atoms with Gasteiger partial charge in [0, 0.05) is 25.3 Å². The van der Waals surface area contributed by atoms with E-state index in [1.54, 1.807) is 28.5 Å². The Morgan fingerprint density at radius 3 is 2.42 bits per heavy atom. The van der Waals surface area contributed by atoms with Gasteiger partial charge in [-0.3, -0.25) is 14.4 Å². The van der Waals surface area contributed by atoms with E-state index in [0.29, 0.717) is 44.0 Å². The molecule has 0 radical (unpaired) electrons. The normalized spacial score (nSPS) is 22.3. The van der Waals surface area contributed by atoms with E-state index in [0.717, 1.165) is 5.56 Å². The van der Waals surface area contributed by atoms with Gasteiger partial charge >= 0.3 is 5.97 Å². The fourth-order valence-electron chi connectivity index (χ4n) is 3.80. The lowest BCUT2D eigenvalue weighted by Gasteiger charge is -2.40. The molecule has 2 fully saturated rings. The Kier molecular flexibility index (Phi) is 5.55. The van der Waals surface area contributed by atoms with Crippen molar-refractivity contribution < 1.29 is 19.5 Å². The molecule has 0 saturated carbocycles. The first kappa shape index (κ1) is 18.8. The molecule has 7 heteroatoms. The molecule has 26 heavy (non-hydrogen) atoms. The van der Waals surface area contributed by atoms with Gasteiger partial charge in [-0.25, -0.2) is 0 Å². The predicted molar refractivity (Wildman–Crippen MR) is 99.8 cm³/mol. The van der Waals surface area contributed by atoms with Crippen LogP contribution in [0.15, 0.2) is 30.3 Å². The maximum Gasteiger partial charge on any atom is 0.314 e. The number of nitrogens with zero attached hydrogens (tertiary/aromatic N) is 2. The van der Waals surface area contributed by atoms with E-state index < -0.39 is 17.4 Å². The monoisotopic (exact) mass is 376 g/mol. The van der Waals surface area contributed by atoms with E-state index in [1.165, 1.54) is 0 Å². The van der Waals surface area contributed by atoms with Gasteiger partial charge in [-0.2, -0.15) is 0 Å². The average molecular weight is 376 g/mol. The topological polar surface area (TPSA) is 77.9 Å². The van der Waals surface area contributed by atoms with Crippen molar-refractivity contribution in [2.75, 3.05) is 24.7 Å². The van der Waals surface area contributed by atoms with Crippen LogP contribution >= 0.6 is 11.8 Å². The molecule has 1 N–H and O–H groups in total. The molecule has 2 aliphatic heterocycles. The minimum Gasteiger partial charge on any atom is -0.481 e. The van der Waals surface area contributed by atoms with Gasteiger partial charge in [0.15, 0.2) is 0 Å². The molecule has 2 heterocycles. The van der Waals surface area contributed by atoms with Crippen molar-refractivity contribution in [1.82, 2.24) is 9.80 Å². The van der Waals surface area contributed by atoms with Gasteiger partial charge in [-0.1, -0.05) is 37.3 Å². The Morgan fingerprint density at radius 2 is 1.85 bits per heavy atom. The van der Waals surface area contributed by atoms with E-state index >= 15 is 0 Å². The number of likely N-dealkylation sites (tertiary alicyclic amines) is 1. The van der Waals surface area contributed by atoms with Gasteiger partial charge in [0.05, 0.1) is 11.3 Å². The first-order valence-electron chi connectivity index (χ1n) is 8.94. The summed E-state index contributed by atoms with van der Waals surface area (Å²) in [5.74, 6) is 0.275. The van der Waals surface area contributed by atoms with Crippen LogP contribution in [0.25, 0.3) is 0 Å². The standard InChI is InChI=1S/C19H24N2O4S/c1-2-16(22)21-13-26-12-15(21)17(23)20-10-8-19(9-11-20,18(24)25)14-6-4-3-5-7-14/h3-7,15H,2,8-13H2,1H3,(H,24,25). The number of carboxylic acids is 1. The molecule has 2 saturated heterocycles. The van der Waals surface area contributed by atoms with Crippen molar-refractivity contribution >= 4 is 29.5 Å². The first-order valence-corrected chi connectivity index (χ1v) is 10.1. The largest absolute Gasteiger partial charge is 0.481 e. The third-order valence-electron chi connectivity index (χ3n) is 5.45. The molecule has 0 aliphatic carbocycles. The van der Waals surface area contributed by atoms with Crippen LogP contribution in [0.4, 0.5) is 0 Å². The molecular formula is C19H24N2O4S. The van der Waals surface area contributed by atoms with Crippen LogP contribution in [0.1, 0.15) is 31.7 Å². The lowest BCUT2D eigenvalue weighted by atomic mass is 9.72. The molecule has 0 aromatic heterocycles. The molecule has 3 rings (SSSR count). The number of hydrogen-bond donors (Lipinski definition) is 1. The average Bonchev–Trinajstić information content (AvgIpc) is 3.17. The van der Waals surface area contributed by atoms with Gasteiger partial charge in [-0.05, 0) is 18.4 Å². The van der Waals surface area contributed by atoms with Crippen LogP contribution in [-0.4, -0.2) is 63.5 Å². The molecule has 140 valence electrons. The van der Waals surface area contributed by atoms with Crippen molar-refractivity contribution in [3.8, 4) is 0 Å². The highest BCUT2D eigenvalue weighted by molar-refractivity contribution is 7.99. The highest BCUT2D eigenvalue weighted by Crippen LogP contribution is 2.36. The number of carboxylic acid groups (broad SMARTS) is 1. The summed E-state index contributed by atoms with van der Waals surface area (Å²) in [6.45, 7) is 2.60. The number of benzene rings is 1. The van der Waals surface area contributed by atoms with Crippen molar-refractivity contribution in [3.63, 3.8) is 0 Å². The third-order valence-corrected chi connectivity index (χ3v) is 6.47. The van der Waals surface area contributed by atoms with Gasteiger partial charge in [0.25, 0.3) is 0 Å². The van der Waals surface area contributed by atoms with Gasteiger partial charge < -0.3 is 14.9 Å². The van der Waals surface area contributed by atoms with Crippen LogP contribution in [0.5, 0.6) is 0 Å². The fourth-order valence-corrected chi connectivity index (χ4v) is 4.97. The number of piperidine rings is 1. The van der Waals surface area contributed by atoms with Crippen molar-refractivity contribution in [2.45, 2.75) is 37.6 Å². The Balaban J connectivity index is 1.72. The highest BCUT2D eigenvalue weighted by Gasteiger charge is 2.45. The summed E-state index contributed by atoms with van der Waals surface area (Å²) < 4.78 is 0. The Labute approximate surface area is 157 Å². The Bertz CT molecular complexity index is 686. The molecule has 0 spiro atoms. The van der Waals surface area contributed by atoms with Crippen molar-refractivity contribution in [1.29, 1.82) is 0 Å². The quantitative estimate of drug-likeness (QED) is 0.869. The smallest absolute Gasteiger partial charge is 0.314 e. The zero-order valence-corrected chi connectivity index (χ0v) is 15.7. The molecule has 6 nitrogen and oxygen atoms in total. The minimum absolute atomic E-state index is 0.00507. The first-order chi connectivity index (χ1) is 12.5. The zero-order valence-electron chi connectivity index (χ0n) is 14.9. The van der Waals surface area contributed by atoms with Gasteiger partial charge in [-0.15, -0.1) is 11.8 Å². The summed E-state index contributed by atoms with van der Waals surface area (Å²) in [4.78, 5) is 40.4. The second-order valence-electron chi connectivity index (χ2n) is 6.81. The molecule has 1 unspecified atom stereocenters. The number of thioether (sulfide) groups is 1. The van der Waals surface area contributed by atoms with Crippen molar-refractivity contribution in [3.05, 3.63) is 35.9 Å². The van der Waals surface area contributed by atoms with Gasteiger partial charge in [0.1, 0.15) is 6.04 Å². The summed E-state index contributed by atoms with van der Waals surface area (Å²) in [6, 6.07) is 8.85. The number of rotatable bonds is 4. The third kappa shape index (κ3) is 3.32. The predicted octanol–water partition coefficient (Wildman–Crippen LogP) is 1.94. The number of amides is 2. The molecule has 1 aromatic rings. The highest BCUT2D eigenvalue weighted by atomic mass is 32.2. The molecule has 0 bridgehead atoms. The minimum atomic E-state index is -0.943. The summed E-state index contributed by atoms with van der Waals surface area (Å²) in [7, 11) is 0. The van der Waals surface area contributed by atoms with E-state index in [2.05, 4.69) is 0 Å². The van der Waals surface area contributed by atoms with E-state index in [9.17, 15) is 19.5 Å². The Hall–Kier alpha value is -2.02. The Morgan fingerprint density at radius 1 is 1.19 bits per heavy atom. The van der Waals surface area contributed by atoms with E-state index in [-0.39, 0.29) is 11.8 Å². The summed E-state index contributed by atoms with van der Waals surface area (Å²) in [6.07, 6.45) is 1.17. The maximum absolute atomic E-state index is 12.9. The van der Waals surface area contributed by atoms with Crippen molar-refractivity contribution in [2.24, 2.45) is 0 Å². The molecule has 2 amide bonds. The second kappa shape index (κ2) is 7.70. The molecule has 1 atom stereocenters. The summed E-state index contributed by atoms with van der Waals surface area (Å²) >= 11 is 1.59. The molecule has 2 aliphatic rings. The van der Waals surface area contributed by atoms with Gasteiger partial charge in [0.2, 0.25) is 11.8 Å². The summed E-state index contributed by atoms with van der Waals surface area (Å²) in [5, 5.41) is 9.87. The molecule has 1 aromatic carbocycles. The lowest BCUT2D eigenvalue weighted by Crippen LogP contribution is -2.54. The number of carbonyl (C=O) groups excluding carboxylic acids is 2. The number of carbonyl (C=O) groups is 3. The van der Waals surface area contributed by atoms with E-state index in [4.69, 9.17) is 0 Å². The second-order valence-corrected chi connectivity index (χ2v) is 7.81. The van der Waals surface area contributed by atoms with Crippen LogP contribution in [0.2, 0.25) is 0 Å². The summed E-state index contributed by atoms with van der Waals surface area (Å²) in [5.41, 5.74) is -0.153. The van der Waals surface area contributed by atoms with Crippen LogP contribution in [0, 0.1) is 0 Å². The lowest BCUT2D eigenvalue weighted by molar-refractivity contribution is -0.150. The van der Waals surface area contributed by atoms with Crippen LogP contribution in [-0.2, 0) is 19.8 Å². The number of aliphatic carboxylic acids is 1.